The SMILES string of the molecule is COc1cc(/C=N/NC(=O)COc2c(C)ccc(C)c2C)ccc1OCCc1ccccc1. The molecule has 3 aromatic rings. The number of benzene rings is 3. The average Bonchev–Trinajstić information content (AvgIpc) is 2.83. The van der Waals surface area contributed by atoms with Crippen molar-refractivity contribution < 1.29 is 19.0 Å². The standard InChI is InChI=1S/C27H30N2O4/c1-19-10-11-20(2)27(21(19)3)33-18-26(30)29-28-17-23-12-13-24(25(16-23)31-4)32-15-14-22-8-6-5-7-9-22/h5-13,16-17H,14-15,18H2,1-4H3,(H,29,30)/b28-17+. The van der Waals surface area contributed by atoms with Gasteiger partial charge in [-0.2, -0.15) is 5.10 Å². The molecule has 0 radical (unpaired) electrons. The van der Waals surface area contributed by atoms with E-state index in [4.69, 9.17) is 14.2 Å². The predicted octanol–water partition coefficient (Wildman–Crippen LogP) is 4.77. The minimum absolute atomic E-state index is 0.111. The molecule has 3 aromatic carbocycles. The highest BCUT2D eigenvalue weighted by Gasteiger charge is 2.09. The van der Waals surface area contributed by atoms with E-state index in [1.54, 1.807) is 13.3 Å². The first-order valence-electron chi connectivity index (χ1n) is 10.8. The second-order valence-corrected chi connectivity index (χ2v) is 7.73. The third kappa shape index (κ3) is 6.84. The second-order valence-electron chi connectivity index (χ2n) is 7.73. The van der Waals surface area contributed by atoms with Crippen LogP contribution >= 0.6 is 0 Å². The number of nitrogens with zero attached hydrogens (tertiary/aromatic N) is 1. The molecule has 172 valence electrons. The van der Waals surface area contributed by atoms with E-state index in [0.717, 1.165) is 34.4 Å². The van der Waals surface area contributed by atoms with Gasteiger partial charge in [0.05, 0.1) is 19.9 Å². The molecule has 33 heavy (non-hydrogen) atoms. The monoisotopic (exact) mass is 446 g/mol. The zero-order valence-corrected chi connectivity index (χ0v) is 19.6. The number of hydrogen-bond acceptors (Lipinski definition) is 5. The first-order valence-corrected chi connectivity index (χ1v) is 10.8. The van der Waals surface area contributed by atoms with Crippen molar-refractivity contribution in [1.82, 2.24) is 5.43 Å². The molecule has 0 saturated carbocycles. The summed E-state index contributed by atoms with van der Waals surface area (Å²) in [5.41, 5.74) is 7.63. The van der Waals surface area contributed by atoms with Crippen LogP contribution in [0.4, 0.5) is 0 Å². The number of carbonyl (C=O) groups is 1. The summed E-state index contributed by atoms with van der Waals surface area (Å²) in [6, 6.07) is 19.7. The summed E-state index contributed by atoms with van der Waals surface area (Å²) >= 11 is 0. The highest BCUT2D eigenvalue weighted by atomic mass is 16.5. The van der Waals surface area contributed by atoms with E-state index in [1.165, 1.54) is 5.56 Å². The van der Waals surface area contributed by atoms with Crippen molar-refractivity contribution in [2.75, 3.05) is 20.3 Å². The molecule has 0 atom stereocenters. The normalized spacial score (nSPS) is 10.8. The van der Waals surface area contributed by atoms with E-state index in [-0.39, 0.29) is 12.5 Å². The molecule has 0 bridgehead atoms. The quantitative estimate of drug-likeness (QED) is 0.360. The number of carbonyl (C=O) groups excluding carboxylic acids is 1. The molecule has 3 rings (SSSR count). The van der Waals surface area contributed by atoms with Crippen LogP contribution in [0.3, 0.4) is 0 Å². The van der Waals surface area contributed by atoms with Gasteiger partial charge in [-0.25, -0.2) is 5.43 Å². The molecule has 1 amide bonds. The lowest BCUT2D eigenvalue weighted by Gasteiger charge is -2.13. The van der Waals surface area contributed by atoms with Gasteiger partial charge in [0.15, 0.2) is 18.1 Å². The van der Waals surface area contributed by atoms with Crippen LogP contribution in [0.5, 0.6) is 17.2 Å². The molecule has 0 fully saturated rings. The lowest BCUT2D eigenvalue weighted by Crippen LogP contribution is -2.25. The maximum Gasteiger partial charge on any atom is 0.277 e. The number of ether oxygens (including phenoxy) is 3. The Morgan fingerprint density at radius 2 is 1.70 bits per heavy atom. The number of nitrogens with one attached hydrogen (secondary N) is 1. The first kappa shape index (κ1) is 23.9. The van der Waals surface area contributed by atoms with E-state index < -0.39 is 0 Å². The van der Waals surface area contributed by atoms with Gasteiger partial charge in [0.25, 0.3) is 5.91 Å². The summed E-state index contributed by atoms with van der Waals surface area (Å²) in [6.45, 7) is 6.39. The van der Waals surface area contributed by atoms with E-state index in [2.05, 4.69) is 22.7 Å². The van der Waals surface area contributed by atoms with Crippen molar-refractivity contribution in [2.24, 2.45) is 5.10 Å². The molecule has 0 aliphatic rings. The molecule has 0 heterocycles. The van der Waals surface area contributed by atoms with Gasteiger partial charge >= 0.3 is 0 Å². The smallest absolute Gasteiger partial charge is 0.277 e. The Kier molecular flexibility index (Phi) is 8.47. The molecular weight excluding hydrogens is 416 g/mol. The lowest BCUT2D eigenvalue weighted by atomic mass is 10.1. The Labute approximate surface area is 195 Å². The van der Waals surface area contributed by atoms with Crippen LogP contribution < -0.4 is 19.6 Å². The van der Waals surface area contributed by atoms with Gasteiger partial charge in [0.1, 0.15) is 5.75 Å². The fourth-order valence-electron chi connectivity index (χ4n) is 3.30. The zero-order chi connectivity index (χ0) is 23.6. The van der Waals surface area contributed by atoms with Gasteiger partial charge in [-0.05, 0) is 66.8 Å². The van der Waals surface area contributed by atoms with Gasteiger partial charge in [-0.1, -0.05) is 42.5 Å². The Balaban J connectivity index is 1.51. The summed E-state index contributed by atoms with van der Waals surface area (Å²) in [6.07, 6.45) is 2.36. The molecule has 0 aromatic heterocycles. The Bertz CT molecular complexity index is 1110. The number of hydrogen-bond donors (Lipinski definition) is 1. The molecule has 0 aliphatic carbocycles. The highest BCUT2D eigenvalue weighted by molar-refractivity contribution is 5.83. The molecule has 0 unspecified atom stereocenters. The van der Waals surface area contributed by atoms with Gasteiger partial charge in [-0.15, -0.1) is 0 Å². The summed E-state index contributed by atoms with van der Waals surface area (Å²) in [4.78, 5) is 12.1. The number of rotatable bonds is 10. The van der Waals surface area contributed by atoms with E-state index in [9.17, 15) is 4.79 Å². The van der Waals surface area contributed by atoms with Gasteiger partial charge in [0, 0.05) is 6.42 Å². The van der Waals surface area contributed by atoms with Crippen LogP contribution in [-0.4, -0.2) is 32.4 Å². The van der Waals surface area contributed by atoms with Gasteiger partial charge in [-0.3, -0.25) is 4.79 Å². The van der Waals surface area contributed by atoms with Crippen LogP contribution in [0.15, 0.2) is 65.8 Å². The molecular formula is C27H30N2O4. The lowest BCUT2D eigenvalue weighted by molar-refractivity contribution is -0.123. The largest absolute Gasteiger partial charge is 0.493 e. The molecule has 6 nitrogen and oxygen atoms in total. The third-order valence-electron chi connectivity index (χ3n) is 5.30. The van der Waals surface area contributed by atoms with Crippen molar-refractivity contribution in [2.45, 2.75) is 27.2 Å². The fraction of sp³-hybridized carbons (Fsp3) is 0.259. The predicted molar refractivity (Wildman–Crippen MR) is 131 cm³/mol. The van der Waals surface area contributed by atoms with Crippen LogP contribution in [0.2, 0.25) is 0 Å². The molecule has 1 N–H and O–H groups in total. The van der Waals surface area contributed by atoms with E-state index in [0.29, 0.717) is 18.1 Å². The Morgan fingerprint density at radius 3 is 2.45 bits per heavy atom. The van der Waals surface area contributed by atoms with E-state index >= 15 is 0 Å². The molecule has 0 aliphatic heterocycles. The Hall–Kier alpha value is -3.80. The summed E-state index contributed by atoms with van der Waals surface area (Å²) in [5, 5.41) is 4.02. The van der Waals surface area contributed by atoms with Crippen molar-refractivity contribution in [3.63, 3.8) is 0 Å². The third-order valence-corrected chi connectivity index (χ3v) is 5.30. The van der Waals surface area contributed by atoms with Crippen molar-refractivity contribution in [1.29, 1.82) is 0 Å². The molecule has 0 spiro atoms. The zero-order valence-electron chi connectivity index (χ0n) is 19.6. The van der Waals surface area contributed by atoms with Crippen molar-refractivity contribution >= 4 is 12.1 Å². The Morgan fingerprint density at radius 1 is 0.939 bits per heavy atom. The minimum atomic E-state index is -0.334. The van der Waals surface area contributed by atoms with Crippen molar-refractivity contribution in [3.05, 3.63) is 88.5 Å². The summed E-state index contributed by atoms with van der Waals surface area (Å²) < 4.78 is 17.0. The van der Waals surface area contributed by atoms with Crippen molar-refractivity contribution in [3.8, 4) is 17.2 Å². The number of aryl methyl sites for hydroxylation is 2. The van der Waals surface area contributed by atoms with Crippen LogP contribution in [0, 0.1) is 20.8 Å². The second kappa shape index (κ2) is 11.7. The maximum absolute atomic E-state index is 12.1. The topological polar surface area (TPSA) is 69.2 Å². The first-order chi connectivity index (χ1) is 16.0. The van der Waals surface area contributed by atoms with Crippen LogP contribution in [-0.2, 0) is 11.2 Å². The summed E-state index contributed by atoms with van der Waals surface area (Å²) in [5.74, 6) is 1.67. The highest BCUT2D eigenvalue weighted by Crippen LogP contribution is 2.28. The molecule has 0 saturated heterocycles. The summed E-state index contributed by atoms with van der Waals surface area (Å²) in [7, 11) is 1.59. The van der Waals surface area contributed by atoms with Crippen LogP contribution in [0.25, 0.3) is 0 Å². The van der Waals surface area contributed by atoms with E-state index in [1.807, 2.05) is 69.3 Å². The minimum Gasteiger partial charge on any atom is -0.493 e. The molecule has 6 heteroatoms. The van der Waals surface area contributed by atoms with Gasteiger partial charge < -0.3 is 14.2 Å². The van der Waals surface area contributed by atoms with Crippen LogP contribution in [0.1, 0.15) is 27.8 Å². The number of amides is 1. The number of hydrazone groups is 1. The number of methoxy groups -OCH3 is 1. The average molecular weight is 447 g/mol. The fourth-order valence-corrected chi connectivity index (χ4v) is 3.30. The van der Waals surface area contributed by atoms with Gasteiger partial charge in [0.2, 0.25) is 0 Å². The maximum atomic E-state index is 12.1.